The minimum Gasteiger partial charge on any atom is -0.481 e. The molecule has 0 saturated heterocycles. The molecule has 0 aliphatic rings. The molecule has 0 fully saturated rings. The first-order chi connectivity index (χ1) is 9.81. The zero-order chi connectivity index (χ0) is 16.0. The highest BCUT2D eigenvalue weighted by atomic mass is 35.5. The maximum Gasteiger partial charge on any atom is 0.307 e. The van der Waals surface area contributed by atoms with Crippen molar-refractivity contribution in [1.29, 1.82) is 0 Å². The van der Waals surface area contributed by atoms with Crippen molar-refractivity contribution < 1.29 is 24.9 Å². The van der Waals surface area contributed by atoms with Crippen molar-refractivity contribution in [1.82, 2.24) is 5.32 Å². The third kappa shape index (κ3) is 5.71. The van der Waals surface area contributed by atoms with Gasteiger partial charge in [-0.2, -0.15) is 0 Å². The van der Waals surface area contributed by atoms with Crippen LogP contribution in [0.15, 0.2) is 18.2 Å². The van der Waals surface area contributed by atoms with Crippen LogP contribution in [0.2, 0.25) is 5.02 Å². The van der Waals surface area contributed by atoms with E-state index in [0.29, 0.717) is 10.6 Å². The standard InChI is InChI=1S/C14H18ClNO5/c1-8(17)16-5-4-12(18)14(21)11-7-10(15)3-2-9(11)6-13(19)20/h2-3,7,12,14,18,21H,4-6H2,1H3,(H,16,17)(H,19,20). The molecule has 0 aliphatic carbocycles. The normalized spacial score (nSPS) is 13.5. The van der Waals surface area contributed by atoms with Crippen molar-refractivity contribution in [2.45, 2.75) is 32.0 Å². The van der Waals surface area contributed by atoms with E-state index in [4.69, 9.17) is 16.7 Å². The Hall–Kier alpha value is -1.63. The molecule has 116 valence electrons. The first kappa shape index (κ1) is 17.4. The molecule has 0 bridgehead atoms. The zero-order valence-electron chi connectivity index (χ0n) is 11.5. The van der Waals surface area contributed by atoms with Crippen LogP contribution in [0.5, 0.6) is 0 Å². The molecule has 4 N–H and O–H groups in total. The monoisotopic (exact) mass is 315 g/mol. The maximum absolute atomic E-state index is 10.8. The number of hydrogen-bond acceptors (Lipinski definition) is 4. The fourth-order valence-corrected chi connectivity index (χ4v) is 2.11. The van der Waals surface area contributed by atoms with Crippen LogP contribution in [-0.4, -0.2) is 39.8 Å². The molecule has 21 heavy (non-hydrogen) atoms. The molecule has 1 rings (SSSR count). The number of carbonyl (C=O) groups excluding carboxylic acids is 1. The van der Waals surface area contributed by atoms with Crippen LogP contribution in [0.4, 0.5) is 0 Å². The van der Waals surface area contributed by atoms with Crippen molar-refractivity contribution in [2.24, 2.45) is 0 Å². The Kier molecular flexibility index (Phi) is 6.61. The van der Waals surface area contributed by atoms with Crippen LogP contribution in [0.3, 0.4) is 0 Å². The smallest absolute Gasteiger partial charge is 0.307 e. The fourth-order valence-electron chi connectivity index (χ4n) is 1.93. The van der Waals surface area contributed by atoms with Crippen LogP contribution in [0.25, 0.3) is 0 Å². The second kappa shape index (κ2) is 7.97. The fraction of sp³-hybridized carbons (Fsp3) is 0.429. The molecule has 0 aliphatic heterocycles. The van der Waals surface area contributed by atoms with Crippen molar-refractivity contribution in [3.63, 3.8) is 0 Å². The van der Waals surface area contributed by atoms with E-state index in [1.807, 2.05) is 0 Å². The number of aliphatic hydroxyl groups excluding tert-OH is 2. The quantitative estimate of drug-likeness (QED) is 0.598. The Morgan fingerprint density at radius 3 is 2.57 bits per heavy atom. The van der Waals surface area contributed by atoms with E-state index in [0.717, 1.165) is 0 Å². The first-order valence-electron chi connectivity index (χ1n) is 6.42. The van der Waals surface area contributed by atoms with Gasteiger partial charge < -0.3 is 20.6 Å². The van der Waals surface area contributed by atoms with Crippen LogP contribution in [0.1, 0.15) is 30.6 Å². The molecule has 6 nitrogen and oxygen atoms in total. The van der Waals surface area contributed by atoms with Crippen LogP contribution >= 0.6 is 11.6 Å². The minimum atomic E-state index is -1.27. The number of hydrogen-bond donors (Lipinski definition) is 4. The molecule has 2 unspecified atom stereocenters. The summed E-state index contributed by atoms with van der Waals surface area (Å²) < 4.78 is 0. The van der Waals surface area contributed by atoms with Gasteiger partial charge in [0.1, 0.15) is 6.10 Å². The number of aliphatic hydroxyl groups is 2. The molecule has 1 amide bonds. The molecule has 1 aromatic rings. The van der Waals surface area contributed by atoms with E-state index in [1.165, 1.54) is 25.1 Å². The summed E-state index contributed by atoms with van der Waals surface area (Å²) in [6.45, 7) is 1.56. The van der Waals surface area contributed by atoms with Crippen LogP contribution < -0.4 is 5.32 Å². The third-order valence-electron chi connectivity index (χ3n) is 2.95. The lowest BCUT2D eigenvalue weighted by atomic mass is 9.95. The summed E-state index contributed by atoms with van der Waals surface area (Å²) in [5.74, 6) is -1.27. The SMILES string of the molecule is CC(=O)NCCC(O)C(O)c1cc(Cl)ccc1CC(=O)O. The van der Waals surface area contributed by atoms with Crippen LogP contribution in [0, 0.1) is 0 Å². The number of nitrogens with one attached hydrogen (secondary N) is 1. The minimum absolute atomic E-state index is 0.139. The maximum atomic E-state index is 10.8. The van der Waals surface area contributed by atoms with E-state index >= 15 is 0 Å². The molecule has 7 heteroatoms. The Balaban J connectivity index is 2.83. The lowest BCUT2D eigenvalue weighted by molar-refractivity contribution is -0.136. The van der Waals surface area contributed by atoms with Crippen molar-refractivity contribution in [2.75, 3.05) is 6.54 Å². The highest BCUT2D eigenvalue weighted by Crippen LogP contribution is 2.26. The number of carboxylic acids is 1. The number of amides is 1. The summed E-state index contributed by atoms with van der Waals surface area (Å²) >= 11 is 5.85. The van der Waals surface area contributed by atoms with Crippen molar-refractivity contribution in [3.05, 3.63) is 34.3 Å². The highest BCUT2D eigenvalue weighted by molar-refractivity contribution is 6.30. The lowest BCUT2D eigenvalue weighted by Gasteiger charge is -2.21. The summed E-state index contributed by atoms with van der Waals surface area (Å²) in [6, 6.07) is 4.47. The molecule has 0 spiro atoms. The molecule has 0 aromatic heterocycles. The van der Waals surface area contributed by atoms with E-state index < -0.39 is 18.2 Å². The Bertz CT molecular complexity index is 520. The van der Waals surface area contributed by atoms with E-state index in [1.54, 1.807) is 0 Å². The zero-order valence-corrected chi connectivity index (χ0v) is 12.3. The number of carboxylic acid groups (broad SMARTS) is 1. The number of aliphatic carboxylic acids is 1. The van der Waals surface area contributed by atoms with Gasteiger partial charge in [-0.15, -0.1) is 0 Å². The predicted molar refractivity (Wildman–Crippen MR) is 77.1 cm³/mol. The van der Waals surface area contributed by atoms with Gasteiger partial charge in [0.05, 0.1) is 12.5 Å². The van der Waals surface area contributed by atoms with Gasteiger partial charge in [-0.3, -0.25) is 9.59 Å². The number of halogens is 1. The summed E-state index contributed by atoms with van der Waals surface area (Å²) in [6.07, 6.45) is -2.54. The van der Waals surface area contributed by atoms with Gasteiger partial charge in [-0.05, 0) is 29.7 Å². The summed E-state index contributed by atoms with van der Waals surface area (Å²) in [5, 5.41) is 31.8. The molecular formula is C14H18ClNO5. The number of benzene rings is 1. The first-order valence-corrected chi connectivity index (χ1v) is 6.79. The molecule has 0 radical (unpaired) electrons. The second-order valence-electron chi connectivity index (χ2n) is 4.70. The van der Waals surface area contributed by atoms with Gasteiger partial charge in [-0.1, -0.05) is 17.7 Å². The summed E-state index contributed by atoms with van der Waals surface area (Å²) in [5.41, 5.74) is 0.665. The lowest BCUT2D eigenvalue weighted by Crippen LogP contribution is -2.28. The second-order valence-corrected chi connectivity index (χ2v) is 5.13. The summed E-state index contributed by atoms with van der Waals surface area (Å²) in [7, 11) is 0. The van der Waals surface area contributed by atoms with Gasteiger partial charge in [0, 0.05) is 18.5 Å². The van der Waals surface area contributed by atoms with E-state index in [2.05, 4.69) is 5.32 Å². The van der Waals surface area contributed by atoms with E-state index in [9.17, 15) is 19.8 Å². The third-order valence-corrected chi connectivity index (χ3v) is 3.18. The topological polar surface area (TPSA) is 107 Å². The van der Waals surface area contributed by atoms with Gasteiger partial charge in [0.2, 0.25) is 5.91 Å². The Morgan fingerprint density at radius 2 is 2.00 bits per heavy atom. The summed E-state index contributed by atoms with van der Waals surface area (Å²) in [4.78, 5) is 21.6. The average Bonchev–Trinajstić information content (AvgIpc) is 2.39. The van der Waals surface area contributed by atoms with E-state index in [-0.39, 0.29) is 30.9 Å². The van der Waals surface area contributed by atoms with Gasteiger partial charge in [-0.25, -0.2) is 0 Å². The number of carbonyl (C=O) groups is 2. The predicted octanol–water partition coefficient (Wildman–Crippen LogP) is 0.888. The molecule has 0 saturated carbocycles. The highest BCUT2D eigenvalue weighted by Gasteiger charge is 2.22. The number of rotatable bonds is 7. The molecular weight excluding hydrogens is 298 g/mol. The van der Waals surface area contributed by atoms with Crippen molar-refractivity contribution >= 4 is 23.5 Å². The van der Waals surface area contributed by atoms with Gasteiger partial charge in [0.25, 0.3) is 0 Å². The molecule has 0 heterocycles. The van der Waals surface area contributed by atoms with Crippen molar-refractivity contribution in [3.8, 4) is 0 Å². The Labute approximate surface area is 127 Å². The van der Waals surface area contributed by atoms with Gasteiger partial charge in [0.15, 0.2) is 0 Å². The van der Waals surface area contributed by atoms with Gasteiger partial charge >= 0.3 is 5.97 Å². The average molecular weight is 316 g/mol. The largest absolute Gasteiger partial charge is 0.481 e. The molecule has 2 atom stereocenters. The molecule has 1 aromatic carbocycles. The Morgan fingerprint density at radius 1 is 1.33 bits per heavy atom. The van der Waals surface area contributed by atoms with Crippen LogP contribution in [-0.2, 0) is 16.0 Å².